The van der Waals surface area contributed by atoms with Crippen LogP contribution in [-0.2, 0) is 9.53 Å². The molecular weight excluding hydrogens is 376 g/mol. The van der Waals surface area contributed by atoms with Gasteiger partial charge in [0.1, 0.15) is 19.0 Å². The van der Waals surface area contributed by atoms with Crippen LogP contribution in [0.3, 0.4) is 0 Å². The molecular formula is C22H24O7. The predicted octanol–water partition coefficient (Wildman–Crippen LogP) is 4.46. The molecule has 0 amide bonds. The van der Waals surface area contributed by atoms with Crippen LogP contribution in [-0.4, -0.2) is 26.3 Å². The number of hydrogen-bond donors (Lipinski definition) is 0. The molecule has 1 aromatic carbocycles. The smallest absolute Gasteiger partial charge is 0.336 e. The minimum Gasteiger partial charge on any atom is -0.495 e. The summed E-state index contributed by atoms with van der Waals surface area (Å²) in [5, 5.41) is 1.33. The quantitative estimate of drug-likeness (QED) is 0.313. The van der Waals surface area contributed by atoms with Gasteiger partial charge >= 0.3 is 11.6 Å². The summed E-state index contributed by atoms with van der Waals surface area (Å²) in [4.78, 5) is 23.4. The Morgan fingerprint density at radius 1 is 1.14 bits per heavy atom. The highest BCUT2D eigenvalue weighted by molar-refractivity contribution is 6.06. The van der Waals surface area contributed by atoms with Gasteiger partial charge in [-0.15, -0.1) is 0 Å². The average Bonchev–Trinajstić information content (AvgIpc) is 3.15. The zero-order valence-corrected chi connectivity index (χ0v) is 16.9. The van der Waals surface area contributed by atoms with Gasteiger partial charge in [-0.25, -0.2) is 4.79 Å². The molecule has 0 radical (unpaired) electrons. The summed E-state index contributed by atoms with van der Waals surface area (Å²) in [6.45, 7) is 6.16. The molecule has 7 nitrogen and oxygen atoms in total. The van der Waals surface area contributed by atoms with Crippen molar-refractivity contribution in [3.8, 4) is 11.5 Å². The number of rotatable bonds is 8. The third-order valence-electron chi connectivity index (χ3n) is 4.30. The third kappa shape index (κ3) is 4.62. The van der Waals surface area contributed by atoms with Gasteiger partial charge in [-0.05, 0) is 36.6 Å². The number of benzene rings is 1. The summed E-state index contributed by atoms with van der Waals surface area (Å²) in [6, 6.07) is 4.73. The van der Waals surface area contributed by atoms with Gasteiger partial charge < -0.3 is 23.0 Å². The van der Waals surface area contributed by atoms with E-state index in [4.69, 9.17) is 23.0 Å². The maximum absolute atomic E-state index is 11.8. The molecule has 0 aliphatic heterocycles. The van der Waals surface area contributed by atoms with E-state index >= 15 is 0 Å². The van der Waals surface area contributed by atoms with Gasteiger partial charge in [-0.1, -0.05) is 13.8 Å². The van der Waals surface area contributed by atoms with Gasteiger partial charge in [0, 0.05) is 12.5 Å². The summed E-state index contributed by atoms with van der Waals surface area (Å²) in [5.74, 6) is 0.890. The number of fused-ring (bicyclic) bond motifs is 2. The Labute approximate surface area is 167 Å². The molecule has 0 bridgehead atoms. The molecule has 0 N–H and O–H groups in total. The highest BCUT2D eigenvalue weighted by Gasteiger charge is 2.20. The number of esters is 1. The van der Waals surface area contributed by atoms with Crippen LogP contribution >= 0.6 is 0 Å². The molecule has 3 rings (SSSR count). The van der Waals surface area contributed by atoms with Crippen LogP contribution < -0.4 is 15.1 Å². The fraction of sp³-hybridized carbons (Fsp3) is 0.364. The summed E-state index contributed by atoms with van der Waals surface area (Å²) in [6.07, 6.45) is 3.71. The molecule has 3 aromatic rings. The van der Waals surface area contributed by atoms with Gasteiger partial charge in [0.2, 0.25) is 5.75 Å². The van der Waals surface area contributed by atoms with Crippen LogP contribution in [0, 0.1) is 5.92 Å². The van der Waals surface area contributed by atoms with Gasteiger partial charge in [0.25, 0.3) is 0 Å². The first-order valence-corrected chi connectivity index (χ1v) is 9.35. The van der Waals surface area contributed by atoms with E-state index < -0.39 is 5.63 Å². The maximum atomic E-state index is 11.8. The first kappa shape index (κ1) is 20.5. The Balaban J connectivity index is 1.82. The van der Waals surface area contributed by atoms with E-state index in [1.807, 2.05) is 20.8 Å². The molecule has 2 aromatic heterocycles. The van der Waals surface area contributed by atoms with E-state index in [-0.39, 0.29) is 30.7 Å². The average molecular weight is 400 g/mol. The first-order chi connectivity index (χ1) is 13.9. The van der Waals surface area contributed by atoms with Crippen LogP contribution in [0.2, 0.25) is 0 Å². The highest BCUT2D eigenvalue weighted by atomic mass is 16.5. The SMILES string of the molecule is COc1c2ccoc2c(OC/C=C(/C)COC(=O)CC(C)C)c2oc(=O)ccc12. The summed E-state index contributed by atoms with van der Waals surface area (Å²) in [5.41, 5.74) is 1.03. The van der Waals surface area contributed by atoms with Crippen molar-refractivity contribution in [3.63, 3.8) is 0 Å². The summed E-state index contributed by atoms with van der Waals surface area (Å²) in [7, 11) is 1.54. The van der Waals surface area contributed by atoms with Crippen LogP contribution in [0.25, 0.3) is 21.9 Å². The number of carbonyl (C=O) groups is 1. The van der Waals surface area contributed by atoms with E-state index in [2.05, 4.69) is 0 Å². The zero-order chi connectivity index (χ0) is 21.0. The van der Waals surface area contributed by atoms with Crippen LogP contribution in [0.1, 0.15) is 27.2 Å². The molecule has 0 atom stereocenters. The molecule has 0 aliphatic carbocycles. The molecule has 154 valence electrons. The third-order valence-corrected chi connectivity index (χ3v) is 4.30. The Kier molecular flexibility index (Phi) is 6.26. The van der Waals surface area contributed by atoms with Crippen molar-refractivity contribution in [2.24, 2.45) is 5.92 Å². The standard InChI is InChI=1S/C22H24O7/c1-13(2)11-18(24)28-12-14(3)7-9-27-22-20-16(8-10-26-20)19(25-4)15-5-6-17(23)29-21(15)22/h5-8,10,13H,9,11-12H2,1-4H3/b14-7-. The first-order valence-electron chi connectivity index (χ1n) is 9.35. The largest absolute Gasteiger partial charge is 0.495 e. The predicted molar refractivity (Wildman–Crippen MR) is 108 cm³/mol. The van der Waals surface area contributed by atoms with Crippen molar-refractivity contribution in [2.45, 2.75) is 27.2 Å². The lowest BCUT2D eigenvalue weighted by Crippen LogP contribution is -2.09. The van der Waals surface area contributed by atoms with E-state index in [0.29, 0.717) is 34.3 Å². The van der Waals surface area contributed by atoms with Crippen LogP contribution in [0.4, 0.5) is 0 Å². The van der Waals surface area contributed by atoms with Crippen molar-refractivity contribution in [1.82, 2.24) is 0 Å². The minimum atomic E-state index is -0.501. The van der Waals surface area contributed by atoms with E-state index in [0.717, 1.165) is 5.57 Å². The normalized spacial score (nSPS) is 12.0. The monoisotopic (exact) mass is 400 g/mol. The molecule has 0 saturated carbocycles. The van der Waals surface area contributed by atoms with Crippen molar-refractivity contribution < 1.29 is 27.8 Å². The number of methoxy groups -OCH3 is 1. The lowest BCUT2D eigenvalue weighted by molar-refractivity contribution is -0.143. The van der Waals surface area contributed by atoms with Crippen molar-refractivity contribution >= 4 is 27.9 Å². The molecule has 29 heavy (non-hydrogen) atoms. The van der Waals surface area contributed by atoms with E-state index in [9.17, 15) is 9.59 Å². The van der Waals surface area contributed by atoms with Gasteiger partial charge in [0.15, 0.2) is 11.2 Å². The number of furan rings is 1. The minimum absolute atomic E-state index is 0.184. The molecule has 0 saturated heterocycles. The maximum Gasteiger partial charge on any atom is 0.336 e. The second kappa shape index (κ2) is 8.86. The van der Waals surface area contributed by atoms with E-state index in [1.165, 1.54) is 12.3 Å². The Morgan fingerprint density at radius 2 is 1.90 bits per heavy atom. The van der Waals surface area contributed by atoms with Crippen LogP contribution in [0.15, 0.2) is 49.7 Å². The molecule has 0 spiro atoms. The van der Waals surface area contributed by atoms with Gasteiger partial charge in [-0.3, -0.25) is 4.79 Å². The van der Waals surface area contributed by atoms with Crippen LogP contribution in [0.5, 0.6) is 11.5 Å². The van der Waals surface area contributed by atoms with Crippen molar-refractivity contribution in [1.29, 1.82) is 0 Å². The second-order valence-electron chi connectivity index (χ2n) is 7.14. The number of ether oxygens (including phenoxy) is 3. The lowest BCUT2D eigenvalue weighted by Gasteiger charge is -2.11. The second-order valence-corrected chi connectivity index (χ2v) is 7.14. The van der Waals surface area contributed by atoms with Crippen molar-refractivity contribution in [3.05, 3.63) is 46.5 Å². The molecule has 0 aliphatic rings. The van der Waals surface area contributed by atoms with E-state index in [1.54, 1.807) is 25.3 Å². The highest BCUT2D eigenvalue weighted by Crippen LogP contribution is 2.42. The van der Waals surface area contributed by atoms with Crippen molar-refractivity contribution in [2.75, 3.05) is 20.3 Å². The fourth-order valence-electron chi connectivity index (χ4n) is 2.94. The lowest BCUT2D eigenvalue weighted by atomic mass is 10.1. The number of carbonyl (C=O) groups excluding carboxylic acids is 1. The molecule has 2 heterocycles. The van der Waals surface area contributed by atoms with Gasteiger partial charge in [0.05, 0.1) is 24.1 Å². The summed E-state index contributed by atoms with van der Waals surface area (Å²) >= 11 is 0. The zero-order valence-electron chi connectivity index (χ0n) is 16.9. The fourth-order valence-corrected chi connectivity index (χ4v) is 2.94. The summed E-state index contributed by atoms with van der Waals surface area (Å²) < 4.78 is 27.5. The number of hydrogen-bond acceptors (Lipinski definition) is 7. The molecule has 0 fully saturated rings. The molecule has 0 unspecified atom stereocenters. The molecule has 7 heteroatoms. The Morgan fingerprint density at radius 3 is 2.62 bits per heavy atom. The topological polar surface area (TPSA) is 88.1 Å². The Bertz CT molecular complexity index is 1100. The Hall–Kier alpha value is -3.22. The van der Waals surface area contributed by atoms with Gasteiger partial charge in [-0.2, -0.15) is 0 Å².